The summed E-state index contributed by atoms with van der Waals surface area (Å²) in [7, 11) is 1.78. The molecule has 16 heavy (non-hydrogen) atoms. The van der Waals surface area contributed by atoms with Crippen LogP contribution < -0.4 is 5.32 Å². The highest BCUT2D eigenvalue weighted by Crippen LogP contribution is 2.48. The molecule has 0 spiro atoms. The highest BCUT2D eigenvalue weighted by molar-refractivity contribution is 7.07. The zero-order valence-corrected chi connectivity index (χ0v) is 10.8. The van der Waals surface area contributed by atoms with E-state index in [1.54, 1.807) is 18.4 Å². The molecule has 1 N–H and O–H groups in total. The molecule has 2 rings (SSSR count). The lowest BCUT2D eigenvalue weighted by atomic mass is 10.0. The Kier molecular flexibility index (Phi) is 3.95. The van der Waals surface area contributed by atoms with E-state index in [-0.39, 0.29) is 0 Å². The summed E-state index contributed by atoms with van der Waals surface area (Å²) in [5.41, 5.74) is 3.57. The van der Waals surface area contributed by atoms with Gasteiger partial charge in [-0.25, -0.2) is 4.98 Å². The summed E-state index contributed by atoms with van der Waals surface area (Å²) in [5.74, 6) is 0. The fraction of sp³-hybridized carbons (Fsp3) is 0.750. The third-order valence-corrected chi connectivity index (χ3v) is 4.08. The maximum atomic E-state index is 5.16. The zero-order valence-electron chi connectivity index (χ0n) is 10.0. The van der Waals surface area contributed by atoms with Crippen LogP contribution in [0.4, 0.5) is 0 Å². The van der Waals surface area contributed by atoms with Gasteiger partial charge in [-0.3, -0.25) is 0 Å². The van der Waals surface area contributed by atoms with Crippen LogP contribution in [0.25, 0.3) is 0 Å². The SMILES string of the molecule is COCCC1(CNC(C)c2cscn2)CC1. The van der Waals surface area contributed by atoms with Gasteiger partial charge in [0.15, 0.2) is 0 Å². The van der Waals surface area contributed by atoms with Gasteiger partial charge in [-0.05, 0) is 31.6 Å². The minimum Gasteiger partial charge on any atom is -0.385 e. The monoisotopic (exact) mass is 240 g/mol. The number of nitrogens with zero attached hydrogens (tertiary/aromatic N) is 1. The highest BCUT2D eigenvalue weighted by atomic mass is 32.1. The van der Waals surface area contributed by atoms with E-state index in [0.29, 0.717) is 11.5 Å². The Labute approximate surface area is 101 Å². The Bertz CT molecular complexity index is 309. The third-order valence-electron chi connectivity index (χ3n) is 3.47. The number of aromatic nitrogens is 1. The number of nitrogens with one attached hydrogen (secondary N) is 1. The highest BCUT2D eigenvalue weighted by Gasteiger charge is 2.41. The van der Waals surface area contributed by atoms with E-state index in [1.807, 2.05) is 5.51 Å². The minimum absolute atomic E-state index is 0.367. The van der Waals surface area contributed by atoms with Crippen LogP contribution in [-0.2, 0) is 4.74 Å². The van der Waals surface area contributed by atoms with Crippen molar-refractivity contribution in [2.24, 2.45) is 5.41 Å². The molecule has 0 aliphatic heterocycles. The van der Waals surface area contributed by atoms with Gasteiger partial charge in [0.2, 0.25) is 0 Å². The molecule has 0 bridgehead atoms. The molecule has 1 heterocycles. The summed E-state index contributed by atoms with van der Waals surface area (Å²) in [6.45, 7) is 4.16. The van der Waals surface area contributed by atoms with Crippen molar-refractivity contribution in [1.29, 1.82) is 0 Å². The van der Waals surface area contributed by atoms with Crippen molar-refractivity contribution in [2.75, 3.05) is 20.3 Å². The lowest BCUT2D eigenvalue weighted by Gasteiger charge is -2.18. The molecule has 90 valence electrons. The Morgan fingerprint density at radius 1 is 1.62 bits per heavy atom. The number of methoxy groups -OCH3 is 1. The maximum absolute atomic E-state index is 5.16. The quantitative estimate of drug-likeness (QED) is 0.795. The van der Waals surface area contributed by atoms with Crippen LogP contribution in [0, 0.1) is 5.41 Å². The molecular formula is C12H20N2OS. The molecule has 1 atom stereocenters. The van der Waals surface area contributed by atoms with Crippen LogP contribution in [-0.4, -0.2) is 25.2 Å². The number of hydrogen-bond donors (Lipinski definition) is 1. The molecule has 4 heteroatoms. The Morgan fingerprint density at radius 2 is 2.44 bits per heavy atom. The topological polar surface area (TPSA) is 34.1 Å². The molecular weight excluding hydrogens is 220 g/mol. The van der Waals surface area contributed by atoms with Crippen molar-refractivity contribution in [2.45, 2.75) is 32.2 Å². The van der Waals surface area contributed by atoms with Crippen molar-refractivity contribution >= 4 is 11.3 Å². The smallest absolute Gasteiger partial charge is 0.0795 e. The van der Waals surface area contributed by atoms with Crippen molar-refractivity contribution in [3.63, 3.8) is 0 Å². The second-order valence-corrected chi connectivity index (χ2v) is 5.48. The fourth-order valence-electron chi connectivity index (χ4n) is 1.92. The lowest BCUT2D eigenvalue weighted by Crippen LogP contribution is -2.27. The Morgan fingerprint density at radius 3 is 3.00 bits per heavy atom. The number of hydrogen-bond acceptors (Lipinski definition) is 4. The maximum Gasteiger partial charge on any atom is 0.0795 e. The molecule has 0 aromatic carbocycles. The van der Waals surface area contributed by atoms with Crippen LogP contribution in [0.3, 0.4) is 0 Å². The van der Waals surface area contributed by atoms with E-state index >= 15 is 0 Å². The standard InChI is InChI=1S/C12H20N2OS/c1-10(11-7-16-9-14-11)13-8-12(3-4-12)5-6-15-2/h7,9-10,13H,3-6,8H2,1-2H3. The molecule has 0 saturated heterocycles. The predicted molar refractivity (Wildman–Crippen MR) is 66.7 cm³/mol. The average molecular weight is 240 g/mol. The Balaban J connectivity index is 1.75. The summed E-state index contributed by atoms with van der Waals surface area (Å²) in [6, 6.07) is 0.367. The minimum atomic E-state index is 0.367. The normalized spacial score (nSPS) is 19.6. The van der Waals surface area contributed by atoms with Gasteiger partial charge in [0.05, 0.1) is 11.2 Å². The lowest BCUT2D eigenvalue weighted by molar-refractivity contribution is 0.170. The van der Waals surface area contributed by atoms with Crippen LogP contribution in [0.15, 0.2) is 10.9 Å². The first-order valence-electron chi connectivity index (χ1n) is 5.86. The number of ether oxygens (including phenoxy) is 1. The molecule has 0 amide bonds. The second-order valence-electron chi connectivity index (χ2n) is 4.76. The van der Waals surface area contributed by atoms with E-state index in [2.05, 4.69) is 22.6 Å². The zero-order chi connectivity index (χ0) is 11.4. The van der Waals surface area contributed by atoms with Gasteiger partial charge in [0.1, 0.15) is 0 Å². The second kappa shape index (κ2) is 5.25. The van der Waals surface area contributed by atoms with Gasteiger partial charge in [-0.1, -0.05) is 0 Å². The molecule has 1 aromatic rings. The molecule has 0 radical (unpaired) electrons. The molecule has 1 saturated carbocycles. The van der Waals surface area contributed by atoms with E-state index in [9.17, 15) is 0 Å². The third kappa shape index (κ3) is 3.03. The van der Waals surface area contributed by atoms with Gasteiger partial charge in [-0.15, -0.1) is 11.3 Å². The van der Waals surface area contributed by atoms with Crippen LogP contribution in [0.5, 0.6) is 0 Å². The van der Waals surface area contributed by atoms with E-state index < -0.39 is 0 Å². The molecule has 1 aromatic heterocycles. The van der Waals surface area contributed by atoms with Crippen molar-refractivity contribution in [1.82, 2.24) is 10.3 Å². The van der Waals surface area contributed by atoms with Crippen molar-refractivity contribution < 1.29 is 4.74 Å². The molecule has 1 unspecified atom stereocenters. The summed E-state index contributed by atoms with van der Waals surface area (Å²) in [4.78, 5) is 4.33. The first-order chi connectivity index (χ1) is 7.76. The average Bonchev–Trinajstić information content (AvgIpc) is 2.85. The van der Waals surface area contributed by atoms with Gasteiger partial charge >= 0.3 is 0 Å². The van der Waals surface area contributed by atoms with Crippen molar-refractivity contribution in [3.8, 4) is 0 Å². The van der Waals surface area contributed by atoms with E-state index in [1.165, 1.54) is 19.3 Å². The van der Waals surface area contributed by atoms with Crippen molar-refractivity contribution in [3.05, 3.63) is 16.6 Å². The first kappa shape index (κ1) is 12.0. The molecule has 1 aliphatic carbocycles. The van der Waals surface area contributed by atoms with Crippen LogP contribution >= 0.6 is 11.3 Å². The molecule has 1 aliphatic rings. The number of thiazole rings is 1. The summed E-state index contributed by atoms with van der Waals surface area (Å²) < 4.78 is 5.16. The molecule has 1 fully saturated rings. The number of rotatable bonds is 7. The summed E-state index contributed by atoms with van der Waals surface area (Å²) >= 11 is 1.66. The van der Waals surface area contributed by atoms with Crippen LogP contribution in [0.2, 0.25) is 0 Å². The largest absolute Gasteiger partial charge is 0.385 e. The van der Waals surface area contributed by atoms with Gasteiger partial charge < -0.3 is 10.1 Å². The predicted octanol–water partition coefficient (Wildman–Crippen LogP) is 2.61. The van der Waals surface area contributed by atoms with Gasteiger partial charge in [-0.2, -0.15) is 0 Å². The summed E-state index contributed by atoms with van der Waals surface area (Å²) in [5, 5.41) is 5.70. The first-order valence-corrected chi connectivity index (χ1v) is 6.80. The fourth-order valence-corrected chi connectivity index (χ4v) is 2.57. The summed E-state index contributed by atoms with van der Waals surface area (Å²) in [6.07, 6.45) is 3.86. The Hall–Kier alpha value is -0.450. The molecule has 3 nitrogen and oxygen atoms in total. The van der Waals surface area contributed by atoms with E-state index in [4.69, 9.17) is 4.74 Å². The van der Waals surface area contributed by atoms with Gasteiger partial charge in [0.25, 0.3) is 0 Å². The van der Waals surface area contributed by atoms with Crippen LogP contribution in [0.1, 0.15) is 37.9 Å². The van der Waals surface area contributed by atoms with E-state index in [0.717, 1.165) is 18.8 Å². The van der Waals surface area contributed by atoms with Gasteiger partial charge in [0, 0.05) is 31.7 Å².